The molecule has 1 N–H and O–H groups in total. The monoisotopic (exact) mass is 369 g/mol. The largest absolute Gasteiger partial charge is 0.481 e. The molecular weight excluding hydrogens is 342 g/mol. The van der Waals surface area contributed by atoms with Crippen LogP contribution in [0.3, 0.4) is 0 Å². The van der Waals surface area contributed by atoms with Crippen LogP contribution in [0.15, 0.2) is 47.4 Å². The summed E-state index contributed by atoms with van der Waals surface area (Å²) in [6.45, 7) is 10.1. The van der Waals surface area contributed by atoms with Crippen LogP contribution in [0.2, 0.25) is 0 Å². The Kier molecular flexibility index (Phi) is 9.43. The Balaban J connectivity index is 0.000000248. The summed E-state index contributed by atoms with van der Waals surface area (Å²) in [5.41, 5.74) is 5.39. The molecule has 0 saturated carbocycles. The van der Waals surface area contributed by atoms with E-state index in [2.05, 4.69) is 28.1 Å². The first-order valence-corrected chi connectivity index (χ1v) is 8.93. The third-order valence-corrected chi connectivity index (χ3v) is 3.69. The Morgan fingerprint density at radius 2 is 1.78 bits per heavy atom. The standard InChI is InChI=1S/C11H14O2.C8H7N3O.C2H6/c1-8-3-4-10(7-9(8)2)5-6-11(12)13;1-6-2-3-7(9-4-6)8-10-5-11-12-8;1-2/h3-4,7H,5-6H2,1-2H3,(H,12,13);2-5H,1H3;1-2H3. The number of carboxylic acid groups (broad SMARTS) is 1. The predicted molar refractivity (Wildman–Crippen MR) is 105 cm³/mol. The number of nitrogens with zero attached hydrogens (tertiary/aromatic N) is 3. The molecule has 0 bridgehead atoms. The molecule has 3 rings (SSSR count). The summed E-state index contributed by atoms with van der Waals surface area (Å²) in [6, 6.07) is 9.88. The van der Waals surface area contributed by atoms with Gasteiger partial charge >= 0.3 is 5.97 Å². The van der Waals surface area contributed by atoms with Crippen LogP contribution in [-0.2, 0) is 11.2 Å². The van der Waals surface area contributed by atoms with E-state index >= 15 is 0 Å². The van der Waals surface area contributed by atoms with Crippen molar-refractivity contribution in [3.05, 3.63) is 65.1 Å². The highest BCUT2D eigenvalue weighted by atomic mass is 16.5. The van der Waals surface area contributed by atoms with Gasteiger partial charge in [0.25, 0.3) is 5.89 Å². The third-order valence-electron chi connectivity index (χ3n) is 3.69. The Morgan fingerprint density at radius 1 is 1.04 bits per heavy atom. The molecule has 0 unspecified atom stereocenters. The molecule has 0 radical (unpaired) electrons. The Labute approximate surface area is 160 Å². The molecule has 0 amide bonds. The van der Waals surface area contributed by atoms with Gasteiger partial charge in [-0.05, 0) is 55.5 Å². The van der Waals surface area contributed by atoms with E-state index in [0.717, 1.165) is 11.1 Å². The number of hydrogen-bond donors (Lipinski definition) is 1. The van der Waals surface area contributed by atoms with E-state index in [4.69, 9.17) is 9.63 Å². The van der Waals surface area contributed by atoms with Crippen LogP contribution >= 0.6 is 0 Å². The summed E-state index contributed by atoms with van der Waals surface area (Å²) in [5, 5.41) is 12.0. The maximum absolute atomic E-state index is 10.3. The molecule has 144 valence electrons. The normalized spacial score (nSPS) is 9.52. The highest BCUT2D eigenvalue weighted by Crippen LogP contribution is 2.12. The Hall–Kier alpha value is -3.02. The second kappa shape index (κ2) is 11.6. The SMILES string of the molecule is CC.Cc1ccc(-c2ncno2)nc1.Cc1ccc(CCC(=O)O)cc1C. The first kappa shape index (κ1) is 22.0. The summed E-state index contributed by atoms with van der Waals surface area (Å²) in [5.74, 6) is -0.284. The van der Waals surface area contributed by atoms with E-state index < -0.39 is 5.97 Å². The van der Waals surface area contributed by atoms with E-state index in [1.165, 1.54) is 17.5 Å². The van der Waals surface area contributed by atoms with Crippen molar-refractivity contribution < 1.29 is 14.4 Å². The van der Waals surface area contributed by atoms with Gasteiger partial charge in [0.05, 0.1) is 0 Å². The Morgan fingerprint density at radius 3 is 2.30 bits per heavy atom. The number of hydrogen-bond acceptors (Lipinski definition) is 5. The highest BCUT2D eigenvalue weighted by molar-refractivity contribution is 5.67. The van der Waals surface area contributed by atoms with E-state index in [0.29, 0.717) is 18.0 Å². The van der Waals surface area contributed by atoms with Crippen LogP contribution in [0.1, 0.15) is 42.5 Å². The van der Waals surface area contributed by atoms with Crippen molar-refractivity contribution in [2.45, 2.75) is 47.5 Å². The lowest BCUT2D eigenvalue weighted by Gasteiger charge is -2.03. The molecule has 0 atom stereocenters. The molecule has 0 spiro atoms. The second-order valence-electron chi connectivity index (χ2n) is 5.78. The molecule has 0 aliphatic heterocycles. The zero-order valence-corrected chi connectivity index (χ0v) is 16.6. The van der Waals surface area contributed by atoms with Crippen LogP contribution in [0.5, 0.6) is 0 Å². The minimum absolute atomic E-state index is 0.211. The lowest BCUT2D eigenvalue weighted by molar-refractivity contribution is -0.136. The molecule has 2 aromatic heterocycles. The fourth-order valence-corrected chi connectivity index (χ4v) is 2.09. The zero-order valence-electron chi connectivity index (χ0n) is 16.6. The summed E-state index contributed by atoms with van der Waals surface area (Å²) < 4.78 is 4.84. The molecule has 6 nitrogen and oxygen atoms in total. The number of aryl methyl sites for hydroxylation is 4. The van der Waals surface area contributed by atoms with Gasteiger partial charge in [0, 0.05) is 12.6 Å². The number of carbonyl (C=O) groups is 1. The molecule has 3 aromatic rings. The van der Waals surface area contributed by atoms with Gasteiger partial charge in [0.2, 0.25) is 0 Å². The quantitative estimate of drug-likeness (QED) is 0.711. The average Bonchev–Trinajstić information content (AvgIpc) is 3.20. The van der Waals surface area contributed by atoms with Gasteiger partial charge < -0.3 is 9.63 Å². The number of benzene rings is 1. The lowest BCUT2D eigenvalue weighted by Crippen LogP contribution is -1.97. The van der Waals surface area contributed by atoms with Crippen molar-refractivity contribution in [2.24, 2.45) is 0 Å². The van der Waals surface area contributed by atoms with Gasteiger partial charge in [-0.3, -0.25) is 9.78 Å². The third kappa shape index (κ3) is 7.81. The fourth-order valence-electron chi connectivity index (χ4n) is 2.09. The van der Waals surface area contributed by atoms with Crippen LogP contribution in [0, 0.1) is 20.8 Å². The lowest BCUT2D eigenvalue weighted by atomic mass is 10.0. The van der Waals surface area contributed by atoms with Crippen molar-refractivity contribution in [2.75, 3.05) is 0 Å². The summed E-state index contributed by atoms with van der Waals surface area (Å²) in [7, 11) is 0. The molecular formula is C21H27N3O3. The minimum atomic E-state index is -0.738. The van der Waals surface area contributed by atoms with Gasteiger partial charge in [0.1, 0.15) is 5.69 Å². The zero-order chi connectivity index (χ0) is 20.2. The van der Waals surface area contributed by atoms with E-state index in [1.54, 1.807) is 6.20 Å². The van der Waals surface area contributed by atoms with Gasteiger partial charge in [0.15, 0.2) is 6.33 Å². The van der Waals surface area contributed by atoms with E-state index in [1.807, 2.05) is 52.0 Å². The maximum atomic E-state index is 10.3. The number of aliphatic carboxylic acids is 1. The molecule has 6 heteroatoms. The molecule has 0 saturated heterocycles. The Bertz CT molecular complexity index is 813. The minimum Gasteiger partial charge on any atom is -0.481 e. The molecule has 2 heterocycles. The molecule has 0 fully saturated rings. The van der Waals surface area contributed by atoms with Crippen molar-refractivity contribution in [1.29, 1.82) is 0 Å². The molecule has 0 aliphatic rings. The molecule has 0 aliphatic carbocycles. The topological polar surface area (TPSA) is 89.1 Å². The number of pyridine rings is 1. The van der Waals surface area contributed by atoms with Crippen molar-refractivity contribution in [3.63, 3.8) is 0 Å². The van der Waals surface area contributed by atoms with Gasteiger partial charge in [-0.1, -0.05) is 43.3 Å². The number of rotatable bonds is 4. The second-order valence-corrected chi connectivity index (χ2v) is 5.78. The molecule has 1 aromatic carbocycles. The predicted octanol–water partition coefficient (Wildman–Crippen LogP) is 4.79. The average molecular weight is 369 g/mol. The maximum Gasteiger partial charge on any atom is 0.303 e. The van der Waals surface area contributed by atoms with Crippen LogP contribution in [0.25, 0.3) is 11.6 Å². The summed E-state index contributed by atoms with van der Waals surface area (Å²) in [4.78, 5) is 18.3. The van der Waals surface area contributed by atoms with Crippen molar-refractivity contribution >= 4 is 5.97 Å². The fraction of sp³-hybridized carbons (Fsp3) is 0.333. The van der Waals surface area contributed by atoms with E-state index in [9.17, 15) is 4.79 Å². The first-order valence-electron chi connectivity index (χ1n) is 8.93. The molecule has 27 heavy (non-hydrogen) atoms. The van der Waals surface area contributed by atoms with Crippen LogP contribution in [-0.4, -0.2) is 26.2 Å². The smallest absolute Gasteiger partial charge is 0.303 e. The van der Waals surface area contributed by atoms with E-state index in [-0.39, 0.29) is 6.42 Å². The number of carboxylic acids is 1. The summed E-state index contributed by atoms with van der Waals surface area (Å²) >= 11 is 0. The van der Waals surface area contributed by atoms with Crippen LogP contribution < -0.4 is 0 Å². The summed E-state index contributed by atoms with van der Waals surface area (Å²) in [6.07, 6.45) is 3.95. The number of aromatic nitrogens is 3. The van der Waals surface area contributed by atoms with Gasteiger partial charge in [-0.2, -0.15) is 4.98 Å². The first-order chi connectivity index (χ1) is 13.0. The van der Waals surface area contributed by atoms with Crippen molar-refractivity contribution in [3.8, 4) is 11.6 Å². The van der Waals surface area contributed by atoms with Crippen molar-refractivity contribution in [1.82, 2.24) is 15.1 Å². The highest BCUT2D eigenvalue weighted by Gasteiger charge is 2.03. The van der Waals surface area contributed by atoms with Gasteiger partial charge in [-0.15, -0.1) is 0 Å². The van der Waals surface area contributed by atoms with Crippen LogP contribution in [0.4, 0.5) is 0 Å². The van der Waals surface area contributed by atoms with Gasteiger partial charge in [-0.25, -0.2) is 0 Å².